The summed E-state index contributed by atoms with van der Waals surface area (Å²) in [6.45, 7) is 2.62. The van der Waals surface area contributed by atoms with Crippen LogP contribution in [0.1, 0.15) is 38.5 Å². The summed E-state index contributed by atoms with van der Waals surface area (Å²) in [6.07, 6.45) is 5.56. The van der Waals surface area contributed by atoms with Crippen molar-refractivity contribution in [2.24, 2.45) is 11.3 Å². The Labute approximate surface area is 124 Å². The Morgan fingerprint density at radius 1 is 1.29 bits per heavy atom. The zero-order valence-corrected chi connectivity index (χ0v) is 12.3. The Balaban J connectivity index is 1.65. The third-order valence-electron chi connectivity index (χ3n) is 5.52. The number of hydrogen-bond acceptors (Lipinski definition) is 3. The highest BCUT2D eigenvalue weighted by Gasteiger charge is 2.55. The van der Waals surface area contributed by atoms with E-state index < -0.39 is 5.97 Å². The standard InChI is InChI=1S/C15H24N2O4/c18-13(19)4-7-16-14(20)17-10-15(5-8-21-9-6-15)11-2-1-3-12(11)17/h11-12H,1-10H2,(H,16,20)(H,18,19)/t11-,12+/m1/s1. The van der Waals surface area contributed by atoms with Gasteiger partial charge in [0, 0.05) is 32.3 Å². The molecule has 0 aromatic heterocycles. The molecule has 2 aliphatic heterocycles. The number of nitrogens with zero attached hydrogens (tertiary/aromatic N) is 1. The van der Waals surface area contributed by atoms with Gasteiger partial charge in [0.05, 0.1) is 6.42 Å². The number of likely N-dealkylation sites (tertiary alicyclic amines) is 1. The molecule has 3 fully saturated rings. The second kappa shape index (κ2) is 5.83. The molecule has 0 aromatic rings. The lowest BCUT2D eigenvalue weighted by Gasteiger charge is -2.37. The number of ether oxygens (including phenoxy) is 1. The average Bonchev–Trinajstić information content (AvgIpc) is 3.03. The highest BCUT2D eigenvalue weighted by atomic mass is 16.5. The second-order valence-corrected chi connectivity index (χ2v) is 6.58. The molecule has 1 saturated carbocycles. The quantitative estimate of drug-likeness (QED) is 0.826. The molecule has 2 heterocycles. The molecule has 0 unspecified atom stereocenters. The summed E-state index contributed by atoms with van der Waals surface area (Å²) < 4.78 is 5.51. The van der Waals surface area contributed by atoms with Gasteiger partial charge in [-0.2, -0.15) is 0 Å². The molecule has 21 heavy (non-hydrogen) atoms. The lowest BCUT2D eigenvalue weighted by Crippen LogP contribution is -2.44. The zero-order chi connectivity index (χ0) is 14.9. The molecule has 6 nitrogen and oxygen atoms in total. The van der Waals surface area contributed by atoms with Crippen LogP contribution in [0.4, 0.5) is 4.79 Å². The van der Waals surface area contributed by atoms with Gasteiger partial charge in [-0.05, 0) is 37.0 Å². The maximum absolute atomic E-state index is 12.4. The Morgan fingerprint density at radius 2 is 2.05 bits per heavy atom. The van der Waals surface area contributed by atoms with E-state index in [1.165, 1.54) is 12.8 Å². The smallest absolute Gasteiger partial charge is 0.317 e. The van der Waals surface area contributed by atoms with Gasteiger partial charge >= 0.3 is 12.0 Å². The first kappa shape index (κ1) is 14.6. The van der Waals surface area contributed by atoms with Crippen LogP contribution in [-0.2, 0) is 9.53 Å². The second-order valence-electron chi connectivity index (χ2n) is 6.58. The van der Waals surface area contributed by atoms with Crippen molar-refractivity contribution >= 4 is 12.0 Å². The van der Waals surface area contributed by atoms with Crippen LogP contribution in [0.5, 0.6) is 0 Å². The summed E-state index contributed by atoms with van der Waals surface area (Å²) >= 11 is 0. The van der Waals surface area contributed by atoms with Crippen LogP contribution in [0.3, 0.4) is 0 Å². The van der Waals surface area contributed by atoms with Gasteiger partial charge in [-0.25, -0.2) is 4.79 Å². The summed E-state index contributed by atoms with van der Waals surface area (Å²) in [4.78, 5) is 24.9. The molecule has 6 heteroatoms. The number of fused-ring (bicyclic) bond motifs is 2. The van der Waals surface area contributed by atoms with Crippen molar-refractivity contribution in [2.75, 3.05) is 26.3 Å². The van der Waals surface area contributed by atoms with Crippen LogP contribution in [-0.4, -0.2) is 54.4 Å². The van der Waals surface area contributed by atoms with Crippen molar-refractivity contribution in [3.8, 4) is 0 Å². The number of rotatable bonds is 3. The van der Waals surface area contributed by atoms with E-state index in [9.17, 15) is 9.59 Å². The monoisotopic (exact) mass is 296 g/mol. The maximum atomic E-state index is 12.4. The predicted molar refractivity (Wildman–Crippen MR) is 76.0 cm³/mol. The first-order valence-electron chi connectivity index (χ1n) is 7.96. The summed E-state index contributed by atoms with van der Waals surface area (Å²) in [7, 11) is 0. The molecule has 1 aliphatic carbocycles. The Bertz CT molecular complexity index is 420. The zero-order valence-electron chi connectivity index (χ0n) is 12.3. The molecule has 2 amide bonds. The van der Waals surface area contributed by atoms with E-state index >= 15 is 0 Å². The minimum atomic E-state index is -0.878. The SMILES string of the molecule is O=C(O)CCNC(=O)N1CC2(CCOCC2)[C@@H]2CCC[C@@H]21. The molecule has 0 bridgehead atoms. The summed E-state index contributed by atoms with van der Waals surface area (Å²) in [6, 6.07) is 0.254. The van der Waals surface area contributed by atoms with Crippen LogP contribution < -0.4 is 5.32 Å². The lowest BCUT2D eigenvalue weighted by molar-refractivity contribution is -0.136. The lowest BCUT2D eigenvalue weighted by atomic mass is 9.71. The van der Waals surface area contributed by atoms with Crippen LogP contribution in [0.15, 0.2) is 0 Å². The molecule has 3 rings (SSSR count). The van der Waals surface area contributed by atoms with Crippen molar-refractivity contribution in [3.05, 3.63) is 0 Å². The van der Waals surface area contributed by atoms with Gasteiger partial charge in [0.15, 0.2) is 0 Å². The van der Waals surface area contributed by atoms with Crippen molar-refractivity contribution in [1.29, 1.82) is 0 Å². The third kappa shape index (κ3) is 2.73. The Hall–Kier alpha value is -1.30. The van der Waals surface area contributed by atoms with E-state index in [1.807, 2.05) is 4.90 Å². The van der Waals surface area contributed by atoms with Gasteiger partial charge in [-0.15, -0.1) is 0 Å². The number of carbonyl (C=O) groups is 2. The first-order chi connectivity index (χ1) is 10.1. The fourth-order valence-electron chi connectivity index (χ4n) is 4.51. The number of hydrogen-bond donors (Lipinski definition) is 2. The van der Waals surface area contributed by atoms with Gasteiger partial charge in [0.25, 0.3) is 0 Å². The van der Waals surface area contributed by atoms with Crippen LogP contribution in [0, 0.1) is 11.3 Å². The minimum absolute atomic E-state index is 0.0212. The van der Waals surface area contributed by atoms with Crippen LogP contribution in [0.25, 0.3) is 0 Å². The average molecular weight is 296 g/mol. The van der Waals surface area contributed by atoms with E-state index in [0.717, 1.165) is 39.0 Å². The fourth-order valence-corrected chi connectivity index (χ4v) is 4.51. The minimum Gasteiger partial charge on any atom is -0.481 e. The van der Waals surface area contributed by atoms with Crippen LogP contribution >= 0.6 is 0 Å². The number of carboxylic acids is 1. The number of aliphatic carboxylic acids is 1. The van der Waals surface area contributed by atoms with E-state index in [4.69, 9.17) is 9.84 Å². The molecule has 0 radical (unpaired) electrons. The van der Waals surface area contributed by atoms with Gasteiger partial charge in [-0.3, -0.25) is 4.79 Å². The Morgan fingerprint density at radius 3 is 2.76 bits per heavy atom. The molecule has 2 N–H and O–H groups in total. The van der Waals surface area contributed by atoms with Gasteiger partial charge in [-0.1, -0.05) is 6.42 Å². The van der Waals surface area contributed by atoms with E-state index in [-0.39, 0.29) is 24.4 Å². The number of urea groups is 1. The molecular weight excluding hydrogens is 272 g/mol. The molecule has 118 valence electrons. The molecule has 2 saturated heterocycles. The highest BCUT2D eigenvalue weighted by Crippen LogP contribution is 2.53. The largest absolute Gasteiger partial charge is 0.481 e. The summed E-state index contributed by atoms with van der Waals surface area (Å²) in [5, 5.41) is 11.4. The van der Waals surface area contributed by atoms with Crippen molar-refractivity contribution < 1.29 is 19.4 Å². The van der Waals surface area contributed by atoms with Crippen molar-refractivity contribution in [2.45, 2.75) is 44.6 Å². The number of carbonyl (C=O) groups excluding carboxylic acids is 1. The van der Waals surface area contributed by atoms with E-state index in [0.29, 0.717) is 12.0 Å². The summed E-state index contributed by atoms with van der Waals surface area (Å²) in [5.74, 6) is -0.275. The molecule has 0 aromatic carbocycles. The molecular formula is C15H24N2O4. The molecule has 1 spiro atoms. The first-order valence-corrected chi connectivity index (χ1v) is 7.96. The molecule has 2 atom stereocenters. The van der Waals surface area contributed by atoms with Gasteiger partial charge in [0.2, 0.25) is 0 Å². The molecule has 3 aliphatic rings. The Kier molecular flexibility index (Phi) is 4.06. The van der Waals surface area contributed by atoms with Gasteiger partial charge in [0.1, 0.15) is 0 Å². The van der Waals surface area contributed by atoms with Crippen molar-refractivity contribution in [3.63, 3.8) is 0 Å². The van der Waals surface area contributed by atoms with E-state index in [1.54, 1.807) is 0 Å². The highest BCUT2D eigenvalue weighted by molar-refractivity contribution is 5.76. The maximum Gasteiger partial charge on any atom is 0.317 e. The predicted octanol–water partition coefficient (Wildman–Crippen LogP) is 1.45. The van der Waals surface area contributed by atoms with Crippen molar-refractivity contribution in [1.82, 2.24) is 10.2 Å². The van der Waals surface area contributed by atoms with Gasteiger partial charge < -0.3 is 20.1 Å². The fraction of sp³-hybridized carbons (Fsp3) is 0.867. The van der Waals surface area contributed by atoms with Crippen LogP contribution in [0.2, 0.25) is 0 Å². The number of amides is 2. The third-order valence-corrected chi connectivity index (χ3v) is 5.52. The summed E-state index contributed by atoms with van der Waals surface area (Å²) in [5.41, 5.74) is 0.240. The normalized spacial score (nSPS) is 30.4. The van der Waals surface area contributed by atoms with E-state index in [2.05, 4.69) is 5.32 Å². The topological polar surface area (TPSA) is 78.9 Å². The number of carboxylic acid groups (broad SMARTS) is 1. The number of nitrogens with one attached hydrogen (secondary N) is 1.